The number of methoxy groups -OCH3 is 1. The fraction of sp³-hybridized carbons (Fsp3) is 0.375. The minimum absolute atomic E-state index is 0.640. The summed E-state index contributed by atoms with van der Waals surface area (Å²) < 4.78 is 5.13. The molecule has 0 unspecified atom stereocenters. The van der Waals surface area contributed by atoms with E-state index in [0.29, 0.717) is 6.61 Å². The summed E-state index contributed by atoms with van der Waals surface area (Å²) in [5, 5.41) is 0. The fourth-order valence-corrected chi connectivity index (χ4v) is 1.45. The lowest BCUT2D eigenvalue weighted by molar-refractivity contribution is 0.0547. The molecule has 0 fully saturated rings. The Bertz CT molecular complexity index is 436. The Morgan fingerprint density at radius 2 is 1.95 bits per heavy atom. The summed E-state index contributed by atoms with van der Waals surface area (Å²) >= 11 is 0. The van der Waals surface area contributed by atoms with Gasteiger partial charge in [0.25, 0.3) is 0 Å². The SMILES string of the molecule is CC=C(C=Cc1ccc(OC)cc1)NOCCN(C)C. The van der Waals surface area contributed by atoms with E-state index in [9.17, 15) is 0 Å². The van der Waals surface area contributed by atoms with Gasteiger partial charge >= 0.3 is 0 Å². The lowest BCUT2D eigenvalue weighted by atomic mass is 10.2. The Hall–Kier alpha value is -1.78. The predicted molar refractivity (Wildman–Crippen MR) is 83.4 cm³/mol. The number of rotatable bonds is 8. The van der Waals surface area contributed by atoms with E-state index in [2.05, 4.69) is 10.4 Å². The highest BCUT2D eigenvalue weighted by Gasteiger charge is 1.94. The van der Waals surface area contributed by atoms with Crippen molar-refractivity contribution >= 4 is 6.08 Å². The summed E-state index contributed by atoms with van der Waals surface area (Å²) in [6.07, 6.45) is 5.98. The molecule has 0 bridgehead atoms. The van der Waals surface area contributed by atoms with Crippen molar-refractivity contribution in [2.45, 2.75) is 6.92 Å². The quantitative estimate of drug-likeness (QED) is 0.450. The third-order valence-electron chi connectivity index (χ3n) is 2.71. The Balaban J connectivity index is 2.44. The van der Waals surface area contributed by atoms with Gasteiger partial charge in [0.2, 0.25) is 0 Å². The maximum atomic E-state index is 5.39. The molecule has 0 saturated carbocycles. The molecule has 0 radical (unpaired) electrons. The number of hydroxylamine groups is 1. The lowest BCUT2D eigenvalue weighted by Gasteiger charge is -2.11. The average molecular weight is 276 g/mol. The van der Waals surface area contributed by atoms with Crippen molar-refractivity contribution < 1.29 is 9.57 Å². The molecule has 0 heterocycles. The first-order valence-corrected chi connectivity index (χ1v) is 6.66. The summed E-state index contributed by atoms with van der Waals surface area (Å²) in [4.78, 5) is 7.46. The van der Waals surface area contributed by atoms with Gasteiger partial charge in [-0.05, 0) is 44.8 Å². The Morgan fingerprint density at radius 3 is 2.50 bits per heavy atom. The maximum absolute atomic E-state index is 5.39. The van der Waals surface area contributed by atoms with Crippen LogP contribution < -0.4 is 10.2 Å². The molecule has 1 rings (SSSR count). The summed E-state index contributed by atoms with van der Waals surface area (Å²) in [5.74, 6) is 0.860. The number of allylic oxidation sites excluding steroid dienone is 2. The van der Waals surface area contributed by atoms with Crippen LogP contribution in [0.2, 0.25) is 0 Å². The van der Waals surface area contributed by atoms with E-state index in [-0.39, 0.29) is 0 Å². The number of nitrogens with one attached hydrogen (secondary N) is 1. The molecule has 0 saturated heterocycles. The van der Waals surface area contributed by atoms with Gasteiger partial charge in [0, 0.05) is 6.54 Å². The molecule has 0 aliphatic heterocycles. The molecule has 1 N–H and O–H groups in total. The van der Waals surface area contributed by atoms with Gasteiger partial charge in [0.15, 0.2) is 0 Å². The van der Waals surface area contributed by atoms with E-state index >= 15 is 0 Å². The first-order valence-electron chi connectivity index (χ1n) is 6.66. The zero-order valence-corrected chi connectivity index (χ0v) is 12.7. The topological polar surface area (TPSA) is 33.7 Å². The maximum Gasteiger partial charge on any atom is 0.118 e. The third kappa shape index (κ3) is 6.41. The molecule has 0 aliphatic carbocycles. The van der Waals surface area contributed by atoms with Crippen LogP contribution in [0.15, 0.2) is 42.1 Å². The standard InChI is InChI=1S/C16H24N2O2/c1-5-15(17-20-13-12-18(2)3)9-6-14-7-10-16(19-4)11-8-14/h5-11,17H,12-13H2,1-4H3. The molecule has 1 aromatic rings. The summed E-state index contributed by atoms with van der Waals surface area (Å²) in [7, 11) is 5.70. The molecule has 0 aromatic heterocycles. The highest BCUT2D eigenvalue weighted by atomic mass is 16.6. The monoisotopic (exact) mass is 276 g/mol. The van der Waals surface area contributed by atoms with Crippen molar-refractivity contribution in [1.82, 2.24) is 10.4 Å². The normalized spacial score (nSPS) is 12.2. The van der Waals surface area contributed by atoms with Gasteiger partial charge in [-0.15, -0.1) is 0 Å². The number of nitrogens with zero attached hydrogens (tertiary/aromatic N) is 1. The first kappa shape index (κ1) is 16.3. The summed E-state index contributed by atoms with van der Waals surface area (Å²) in [5.41, 5.74) is 4.98. The van der Waals surface area contributed by atoms with Crippen LogP contribution in [0, 0.1) is 0 Å². The van der Waals surface area contributed by atoms with Crippen LogP contribution in [0.5, 0.6) is 5.75 Å². The number of benzene rings is 1. The number of hydrogen-bond acceptors (Lipinski definition) is 4. The molecule has 0 amide bonds. The number of likely N-dealkylation sites (N-methyl/N-ethyl adjacent to an activating group) is 1. The van der Waals surface area contributed by atoms with Gasteiger partial charge in [-0.2, -0.15) is 0 Å². The highest BCUT2D eigenvalue weighted by molar-refractivity contribution is 5.53. The molecule has 0 aliphatic rings. The molecule has 1 aromatic carbocycles. The van der Waals surface area contributed by atoms with E-state index in [4.69, 9.17) is 9.57 Å². The van der Waals surface area contributed by atoms with E-state index < -0.39 is 0 Å². The van der Waals surface area contributed by atoms with Crippen LogP contribution in [0.4, 0.5) is 0 Å². The van der Waals surface area contributed by atoms with Crippen molar-refractivity contribution in [2.24, 2.45) is 0 Å². The third-order valence-corrected chi connectivity index (χ3v) is 2.71. The van der Waals surface area contributed by atoms with Crippen LogP contribution in [0.3, 0.4) is 0 Å². The van der Waals surface area contributed by atoms with Crippen molar-refractivity contribution in [3.05, 3.63) is 47.7 Å². The number of hydrogen-bond donors (Lipinski definition) is 1. The molecular weight excluding hydrogens is 252 g/mol. The number of ether oxygens (including phenoxy) is 1. The Labute approximate surface area is 121 Å². The zero-order valence-electron chi connectivity index (χ0n) is 12.7. The minimum atomic E-state index is 0.640. The molecule has 20 heavy (non-hydrogen) atoms. The summed E-state index contributed by atoms with van der Waals surface area (Å²) in [6.45, 7) is 3.49. The lowest BCUT2D eigenvalue weighted by Crippen LogP contribution is -2.22. The molecule has 110 valence electrons. The fourth-order valence-electron chi connectivity index (χ4n) is 1.45. The van der Waals surface area contributed by atoms with Gasteiger partial charge in [0.05, 0.1) is 19.4 Å². The second-order valence-corrected chi connectivity index (χ2v) is 4.60. The van der Waals surface area contributed by atoms with Gasteiger partial charge in [-0.1, -0.05) is 24.3 Å². The minimum Gasteiger partial charge on any atom is -0.497 e. The van der Waals surface area contributed by atoms with Crippen LogP contribution in [-0.2, 0) is 4.84 Å². The molecule has 0 spiro atoms. The van der Waals surface area contributed by atoms with E-state index in [0.717, 1.165) is 23.6 Å². The van der Waals surface area contributed by atoms with Gasteiger partial charge < -0.3 is 9.64 Å². The predicted octanol–water partition coefficient (Wildman–Crippen LogP) is 2.70. The Morgan fingerprint density at radius 1 is 1.25 bits per heavy atom. The van der Waals surface area contributed by atoms with Crippen LogP contribution in [-0.4, -0.2) is 39.3 Å². The van der Waals surface area contributed by atoms with Gasteiger partial charge in [-0.3, -0.25) is 10.3 Å². The molecule has 4 nitrogen and oxygen atoms in total. The van der Waals surface area contributed by atoms with Crippen LogP contribution in [0.25, 0.3) is 6.08 Å². The van der Waals surface area contributed by atoms with Crippen molar-refractivity contribution in [3.63, 3.8) is 0 Å². The molecule has 0 atom stereocenters. The first-order chi connectivity index (χ1) is 9.65. The van der Waals surface area contributed by atoms with Gasteiger partial charge in [0.1, 0.15) is 5.75 Å². The molecule has 4 heteroatoms. The van der Waals surface area contributed by atoms with Crippen molar-refractivity contribution in [3.8, 4) is 5.75 Å². The van der Waals surface area contributed by atoms with Crippen LogP contribution >= 0.6 is 0 Å². The average Bonchev–Trinajstić information content (AvgIpc) is 2.47. The smallest absolute Gasteiger partial charge is 0.118 e. The van der Waals surface area contributed by atoms with E-state index in [1.165, 1.54) is 0 Å². The van der Waals surface area contributed by atoms with Crippen LogP contribution in [0.1, 0.15) is 12.5 Å². The van der Waals surface area contributed by atoms with E-state index in [1.54, 1.807) is 7.11 Å². The van der Waals surface area contributed by atoms with Gasteiger partial charge in [-0.25, -0.2) is 0 Å². The second kappa shape index (κ2) is 9.18. The van der Waals surface area contributed by atoms with E-state index in [1.807, 2.05) is 63.5 Å². The summed E-state index contributed by atoms with van der Waals surface area (Å²) in [6, 6.07) is 7.90. The van der Waals surface area contributed by atoms with Crippen molar-refractivity contribution in [1.29, 1.82) is 0 Å². The molecular formula is C16H24N2O2. The van der Waals surface area contributed by atoms with Crippen molar-refractivity contribution in [2.75, 3.05) is 34.4 Å². The largest absolute Gasteiger partial charge is 0.497 e. The highest BCUT2D eigenvalue weighted by Crippen LogP contribution is 2.12. The second-order valence-electron chi connectivity index (χ2n) is 4.60. The zero-order chi connectivity index (χ0) is 14.8. The Kier molecular flexibility index (Phi) is 7.47.